The molecule has 0 aliphatic heterocycles. The summed E-state index contributed by atoms with van der Waals surface area (Å²) in [7, 11) is 4.48. The molecule has 4 unspecified atom stereocenters. The zero-order valence-corrected chi connectivity index (χ0v) is 9.51. The van der Waals surface area contributed by atoms with E-state index in [2.05, 4.69) is 32.8 Å². The standard InChI is InChI=1S/C12H23N/c1-5-9-6-11(13(3)4)7-10-8-12(9,10)2/h9-11H,5-8H2,1-4H3. The van der Waals surface area contributed by atoms with Gasteiger partial charge in [-0.1, -0.05) is 20.3 Å². The van der Waals surface area contributed by atoms with Gasteiger partial charge in [0, 0.05) is 6.04 Å². The van der Waals surface area contributed by atoms with Crippen molar-refractivity contribution >= 4 is 0 Å². The Bertz CT molecular complexity index is 199. The van der Waals surface area contributed by atoms with Crippen molar-refractivity contribution in [3.05, 3.63) is 0 Å². The van der Waals surface area contributed by atoms with Gasteiger partial charge in [-0.15, -0.1) is 0 Å². The molecule has 0 aromatic rings. The van der Waals surface area contributed by atoms with Crippen molar-refractivity contribution in [2.24, 2.45) is 17.3 Å². The molecule has 2 rings (SSSR count). The van der Waals surface area contributed by atoms with E-state index in [4.69, 9.17) is 0 Å². The van der Waals surface area contributed by atoms with E-state index >= 15 is 0 Å². The van der Waals surface area contributed by atoms with Crippen molar-refractivity contribution < 1.29 is 0 Å². The minimum Gasteiger partial charge on any atom is -0.306 e. The lowest BCUT2D eigenvalue weighted by Crippen LogP contribution is -2.36. The Morgan fingerprint density at radius 1 is 1.31 bits per heavy atom. The molecule has 0 heterocycles. The highest BCUT2D eigenvalue weighted by molar-refractivity contribution is 5.08. The van der Waals surface area contributed by atoms with Gasteiger partial charge in [-0.05, 0) is 50.6 Å². The molecule has 0 saturated heterocycles. The third-order valence-electron chi connectivity index (χ3n) is 4.73. The Morgan fingerprint density at radius 3 is 2.54 bits per heavy atom. The number of fused-ring (bicyclic) bond motifs is 1. The van der Waals surface area contributed by atoms with E-state index < -0.39 is 0 Å². The highest BCUT2D eigenvalue weighted by Gasteiger charge is 2.57. The maximum absolute atomic E-state index is 2.51. The lowest BCUT2D eigenvalue weighted by molar-refractivity contribution is 0.131. The lowest BCUT2D eigenvalue weighted by atomic mass is 9.75. The molecular formula is C12H23N. The molecule has 76 valence electrons. The zero-order valence-electron chi connectivity index (χ0n) is 9.51. The first kappa shape index (κ1) is 9.51. The quantitative estimate of drug-likeness (QED) is 0.633. The molecule has 2 fully saturated rings. The van der Waals surface area contributed by atoms with E-state index in [9.17, 15) is 0 Å². The van der Waals surface area contributed by atoms with E-state index in [0.717, 1.165) is 23.3 Å². The van der Waals surface area contributed by atoms with E-state index in [1.165, 1.54) is 25.7 Å². The molecule has 1 nitrogen and oxygen atoms in total. The summed E-state index contributed by atoms with van der Waals surface area (Å²) in [6, 6.07) is 0.866. The van der Waals surface area contributed by atoms with Crippen LogP contribution in [0, 0.1) is 17.3 Å². The monoisotopic (exact) mass is 181 g/mol. The smallest absolute Gasteiger partial charge is 0.00948 e. The fourth-order valence-electron chi connectivity index (χ4n) is 3.40. The highest BCUT2D eigenvalue weighted by Crippen LogP contribution is 2.64. The third-order valence-corrected chi connectivity index (χ3v) is 4.73. The fourth-order valence-corrected chi connectivity index (χ4v) is 3.40. The molecule has 2 aliphatic carbocycles. The molecule has 0 bridgehead atoms. The van der Waals surface area contributed by atoms with Crippen molar-refractivity contribution in [2.75, 3.05) is 14.1 Å². The van der Waals surface area contributed by atoms with Crippen LogP contribution in [-0.2, 0) is 0 Å². The zero-order chi connectivity index (χ0) is 9.64. The van der Waals surface area contributed by atoms with Crippen LogP contribution >= 0.6 is 0 Å². The predicted octanol–water partition coefficient (Wildman–Crippen LogP) is 2.76. The summed E-state index contributed by atoms with van der Waals surface area (Å²) in [4.78, 5) is 2.43. The topological polar surface area (TPSA) is 3.24 Å². The first-order chi connectivity index (χ1) is 6.08. The lowest BCUT2D eigenvalue weighted by Gasteiger charge is -2.37. The van der Waals surface area contributed by atoms with Gasteiger partial charge in [0.05, 0.1) is 0 Å². The molecule has 2 aliphatic rings. The van der Waals surface area contributed by atoms with E-state index in [0.29, 0.717) is 0 Å². The Kier molecular flexibility index (Phi) is 2.18. The van der Waals surface area contributed by atoms with Crippen molar-refractivity contribution in [3.8, 4) is 0 Å². The molecule has 0 aromatic heterocycles. The van der Waals surface area contributed by atoms with Crippen molar-refractivity contribution in [1.82, 2.24) is 4.90 Å². The summed E-state index contributed by atoms with van der Waals surface area (Å²) in [5.41, 5.74) is 0.751. The Labute approximate surface area is 82.5 Å². The molecule has 0 N–H and O–H groups in total. The Morgan fingerprint density at radius 2 is 2.00 bits per heavy atom. The van der Waals surface area contributed by atoms with Gasteiger partial charge in [-0.25, -0.2) is 0 Å². The van der Waals surface area contributed by atoms with Crippen LogP contribution in [0.5, 0.6) is 0 Å². The molecule has 13 heavy (non-hydrogen) atoms. The summed E-state index contributed by atoms with van der Waals surface area (Å²) < 4.78 is 0. The summed E-state index contributed by atoms with van der Waals surface area (Å²) >= 11 is 0. The second kappa shape index (κ2) is 2.98. The minimum atomic E-state index is 0.751. The normalized spacial score (nSPS) is 49.2. The summed E-state index contributed by atoms with van der Waals surface area (Å²) in [5.74, 6) is 2.05. The number of rotatable bonds is 2. The van der Waals surface area contributed by atoms with Gasteiger partial charge >= 0.3 is 0 Å². The van der Waals surface area contributed by atoms with Crippen molar-refractivity contribution in [2.45, 2.75) is 45.6 Å². The van der Waals surface area contributed by atoms with Crippen LogP contribution in [-0.4, -0.2) is 25.0 Å². The molecular weight excluding hydrogens is 158 g/mol. The summed E-state index contributed by atoms with van der Waals surface area (Å²) in [5, 5.41) is 0. The first-order valence-corrected chi connectivity index (χ1v) is 5.74. The van der Waals surface area contributed by atoms with Crippen LogP contribution in [0.2, 0.25) is 0 Å². The number of nitrogens with zero attached hydrogens (tertiary/aromatic N) is 1. The molecule has 0 spiro atoms. The van der Waals surface area contributed by atoms with Crippen LogP contribution in [0.3, 0.4) is 0 Å². The molecule has 4 atom stereocenters. The second-order valence-electron chi connectivity index (χ2n) is 5.60. The van der Waals surface area contributed by atoms with Crippen LogP contribution < -0.4 is 0 Å². The molecule has 2 saturated carbocycles. The molecule has 1 heteroatoms. The van der Waals surface area contributed by atoms with E-state index in [1.54, 1.807) is 0 Å². The van der Waals surface area contributed by atoms with Gasteiger partial charge in [0.15, 0.2) is 0 Å². The highest BCUT2D eigenvalue weighted by atomic mass is 15.1. The van der Waals surface area contributed by atoms with Crippen LogP contribution in [0.1, 0.15) is 39.5 Å². The van der Waals surface area contributed by atoms with Crippen LogP contribution in [0.15, 0.2) is 0 Å². The Balaban J connectivity index is 2.03. The first-order valence-electron chi connectivity index (χ1n) is 5.74. The maximum atomic E-state index is 2.51. The number of hydrogen-bond acceptors (Lipinski definition) is 1. The average Bonchev–Trinajstić information content (AvgIpc) is 2.74. The van der Waals surface area contributed by atoms with Gasteiger partial charge in [0.2, 0.25) is 0 Å². The van der Waals surface area contributed by atoms with Gasteiger partial charge < -0.3 is 4.90 Å². The largest absolute Gasteiger partial charge is 0.306 e. The molecule has 0 radical (unpaired) electrons. The SMILES string of the molecule is CCC1CC(N(C)C)CC2CC12C. The van der Waals surface area contributed by atoms with Crippen molar-refractivity contribution in [3.63, 3.8) is 0 Å². The average molecular weight is 181 g/mol. The third kappa shape index (κ3) is 1.41. The Hall–Kier alpha value is -0.0400. The van der Waals surface area contributed by atoms with Crippen molar-refractivity contribution in [1.29, 1.82) is 0 Å². The van der Waals surface area contributed by atoms with Crippen LogP contribution in [0.4, 0.5) is 0 Å². The predicted molar refractivity (Wildman–Crippen MR) is 56.7 cm³/mol. The van der Waals surface area contributed by atoms with E-state index in [-0.39, 0.29) is 0 Å². The van der Waals surface area contributed by atoms with Crippen LogP contribution in [0.25, 0.3) is 0 Å². The molecule has 0 aromatic carbocycles. The molecule has 0 amide bonds. The second-order valence-corrected chi connectivity index (χ2v) is 5.60. The fraction of sp³-hybridized carbons (Fsp3) is 1.00. The summed E-state index contributed by atoms with van der Waals surface area (Å²) in [6.45, 7) is 4.88. The van der Waals surface area contributed by atoms with Gasteiger partial charge in [-0.3, -0.25) is 0 Å². The van der Waals surface area contributed by atoms with Gasteiger partial charge in [0.1, 0.15) is 0 Å². The summed E-state index contributed by atoms with van der Waals surface area (Å²) in [6.07, 6.45) is 5.80. The maximum Gasteiger partial charge on any atom is 0.00948 e. The van der Waals surface area contributed by atoms with Gasteiger partial charge in [0.25, 0.3) is 0 Å². The number of hydrogen-bond donors (Lipinski definition) is 0. The van der Waals surface area contributed by atoms with Gasteiger partial charge in [-0.2, -0.15) is 0 Å². The van der Waals surface area contributed by atoms with E-state index in [1.807, 2.05) is 0 Å². The minimum absolute atomic E-state index is 0.751.